The molecule has 0 aliphatic carbocycles. The molecular weight excluding hydrogens is 322 g/mol. The maximum atomic E-state index is 11.6. The van der Waals surface area contributed by atoms with Crippen molar-refractivity contribution in [3.8, 4) is 5.75 Å². The Balaban J connectivity index is 2.05. The van der Waals surface area contributed by atoms with Crippen molar-refractivity contribution in [2.45, 2.75) is 33.3 Å². The third-order valence-corrected chi connectivity index (χ3v) is 3.35. The summed E-state index contributed by atoms with van der Waals surface area (Å²) in [5.74, 6) is -0.783. The van der Waals surface area contributed by atoms with Crippen molar-refractivity contribution in [1.82, 2.24) is 5.32 Å². The molecule has 0 saturated carbocycles. The van der Waals surface area contributed by atoms with Crippen LogP contribution in [0, 0.1) is 6.92 Å². The first-order valence-corrected chi connectivity index (χ1v) is 8.03. The van der Waals surface area contributed by atoms with Crippen LogP contribution in [-0.2, 0) is 4.74 Å². The van der Waals surface area contributed by atoms with E-state index in [0.717, 1.165) is 16.3 Å². The van der Waals surface area contributed by atoms with E-state index in [1.807, 2.05) is 25.1 Å². The number of hydrogen-bond acceptors (Lipinski definition) is 4. The predicted octanol–water partition coefficient (Wildman–Crippen LogP) is 3.75. The molecule has 2 rings (SSSR count). The Kier molecular flexibility index (Phi) is 5.51. The first-order chi connectivity index (χ1) is 11.7. The maximum Gasteiger partial charge on any atom is 0.407 e. The van der Waals surface area contributed by atoms with E-state index in [2.05, 4.69) is 5.32 Å². The fourth-order valence-corrected chi connectivity index (χ4v) is 2.31. The number of aryl methyl sites for hydroxylation is 1. The van der Waals surface area contributed by atoms with Crippen LogP contribution in [0.1, 0.15) is 36.7 Å². The summed E-state index contributed by atoms with van der Waals surface area (Å²) in [6.45, 7) is 7.64. The first kappa shape index (κ1) is 18.6. The van der Waals surface area contributed by atoms with Gasteiger partial charge in [0.05, 0.1) is 6.54 Å². The Bertz CT molecular complexity index is 792. The van der Waals surface area contributed by atoms with Crippen molar-refractivity contribution < 1.29 is 24.2 Å². The number of fused-ring (bicyclic) bond motifs is 1. The van der Waals surface area contributed by atoms with Crippen LogP contribution in [0.15, 0.2) is 30.3 Å². The molecule has 6 nitrogen and oxygen atoms in total. The second-order valence-corrected chi connectivity index (χ2v) is 6.78. The topological polar surface area (TPSA) is 84.9 Å². The molecule has 134 valence electrons. The van der Waals surface area contributed by atoms with E-state index in [-0.39, 0.29) is 24.5 Å². The van der Waals surface area contributed by atoms with E-state index in [4.69, 9.17) is 9.47 Å². The maximum absolute atomic E-state index is 11.6. The van der Waals surface area contributed by atoms with Gasteiger partial charge in [-0.25, -0.2) is 9.59 Å². The number of nitrogens with one attached hydrogen (secondary N) is 1. The summed E-state index contributed by atoms with van der Waals surface area (Å²) in [6.07, 6.45) is -0.538. The summed E-state index contributed by atoms with van der Waals surface area (Å²) in [6, 6.07) is 9.07. The lowest BCUT2D eigenvalue weighted by Gasteiger charge is -2.19. The number of amides is 1. The van der Waals surface area contributed by atoms with Gasteiger partial charge in [-0.05, 0) is 50.6 Å². The largest absolute Gasteiger partial charge is 0.491 e. The van der Waals surface area contributed by atoms with Gasteiger partial charge in [0.1, 0.15) is 23.5 Å². The van der Waals surface area contributed by atoms with E-state index in [1.165, 1.54) is 0 Å². The lowest BCUT2D eigenvalue weighted by Crippen LogP contribution is -2.34. The lowest BCUT2D eigenvalue weighted by molar-refractivity contribution is 0.0518. The van der Waals surface area contributed by atoms with Gasteiger partial charge in [-0.15, -0.1) is 0 Å². The van der Waals surface area contributed by atoms with Gasteiger partial charge in [0.25, 0.3) is 0 Å². The molecule has 0 aliphatic rings. The third kappa shape index (κ3) is 5.38. The number of ether oxygens (including phenoxy) is 2. The standard InChI is InChI=1S/C19H23NO5/c1-12-5-6-13-10-15(17(21)22)16(11-14(13)9-12)24-8-7-20-18(23)25-19(2,3)4/h5-6,9-11H,7-8H2,1-4H3,(H,20,23)(H,21,22). The predicted molar refractivity (Wildman–Crippen MR) is 95.4 cm³/mol. The van der Waals surface area contributed by atoms with E-state index >= 15 is 0 Å². The van der Waals surface area contributed by atoms with Crippen molar-refractivity contribution in [3.63, 3.8) is 0 Å². The van der Waals surface area contributed by atoms with Gasteiger partial charge < -0.3 is 19.9 Å². The summed E-state index contributed by atoms with van der Waals surface area (Å²) in [7, 11) is 0. The minimum absolute atomic E-state index is 0.0913. The Labute approximate surface area is 146 Å². The number of carbonyl (C=O) groups excluding carboxylic acids is 1. The molecule has 0 saturated heterocycles. The third-order valence-electron chi connectivity index (χ3n) is 3.35. The van der Waals surface area contributed by atoms with Crippen LogP contribution in [0.25, 0.3) is 10.8 Å². The molecule has 0 aromatic heterocycles. The summed E-state index contributed by atoms with van der Waals surface area (Å²) < 4.78 is 10.7. The van der Waals surface area contributed by atoms with Crippen LogP contribution in [0.2, 0.25) is 0 Å². The molecule has 1 amide bonds. The minimum Gasteiger partial charge on any atom is -0.491 e. The minimum atomic E-state index is -1.06. The molecule has 0 fully saturated rings. The number of hydrogen-bond donors (Lipinski definition) is 2. The molecule has 6 heteroatoms. The number of carboxylic acid groups (broad SMARTS) is 1. The van der Waals surface area contributed by atoms with Crippen LogP contribution in [0.3, 0.4) is 0 Å². The summed E-state index contributed by atoms with van der Waals surface area (Å²) in [5, 5.41) is 13.7. The quantitative estimate of drug-likeness (QED) is 0.806. The molecule has 2 N–H and O–H groups in total. The molecule has 0 aliphatic heterocycles. The van der Waals surface area contributed by atoms with E-state index < -0.39 is 17.7 Å². The second kappa shape index (κ2) is 7.42. The van der Waals surface area contributed by atoms with Gasteiger partial charge in [0.2, 0.25) is 0 Å². The van der Waals surface area contributed by atoms with Crippen LogP contribution < -0.4 is 10.1 Å². The Morgan fingerprint density at radius 3 is 2.48 bits per heavy atom. The molecule has 0 atom stereocenters. The highest BCUT2D eigenvalue weighted by Gasteiger charge is 2.16. The van der Waals surface area contributed by atoms with Crippen LogP contribution in [-0.4, -0.2) is 35.9 Å². The number of benzene rings is 2. The Morgan fingerprint density at radius 1 is 1.12 bits per heavy atom. The van der Waals surface area contributed by atoms with Gasteiger partial charge >= 0.3 is 12.1 Å². The zero-order valence-corrected chi connectivity index (χ0v) is 14.9. The van der Waals surface area contributed by atoms with E-state index in [0.29, 0.717) is 0 Å². The Hall–Kier alpha value is -2.76. The summed E-state index contributed by atoms with van der Waals surface area (Å²) >= 11 is 0. The van der Waals surface area contributed by atoms with Crippen LogP contribution >= 0.6 is 0 Å². The summed E-state index contributed by atoms with van der Waals surface area (Å²) in [4.78, 5) is 23.0. The van der Waals surface area contributed by atoms with Crippen molar-refractivity contribution in [2.24, 2.45) is 0 Å². The highest BCUT2D eigenvalue weighted by molar-refractivity contribution is 5.97. The van der Waals surface area contributed by atoms with Crippen LogP contribution in [0.5, 0.6) is 5.75 Å². The second-order valence-electron chi connectivity index (χ2n) is 6.78. The highest BCUT2D eigenvalue weighted by Crippen LogP contribution is 2.27. The molecule has 0 spiro atoms. The van der Waals surface area contributed by atoms with Gasteiger partial charge in [0.15, 0.2) is 0 Å². The van der Waals surface area contributed by atoms with Gasteiger partial charge in [-0.3, -0.25) is 0 Å². The zero-order chi connectivity index (χ0) is 18.6. The van der Waals surface area contributed by atoms with Gasteiger partial charge in [-0.1, -0.05) is 23.8 Å². The van der Waals surface area contributed by atoms with Crippen molar-refractivity contribution >= 4 is 22.8 Å². The molecule has 2 aromatic rings. The van der Waals surface area contributed by atoms with Gasteiger partial charge in [-0.2, -0.15) is 0 Å². The summed E-state index contributed by atoms with van der Waals surface area (Å²) in [5.41, 5.74) is 0.596. The number of carbonyl (C=O) groups is 2. The first-order valence-electron chi connectivity index (χ1n) is 8.03. The highest BCUT2D eigenvalue weighted by atomic mass is 16.6. The zero-order valence-electron chi connectivity index (χ0n) is 14.9. The normalized spacial score (nSPS) is 11.2. The molecule has 0 unspecified atom stereocenters. The number of carboxylic acids is 1. The Morgan fingerprint density at radius 2 is 1.84 bits per heavy atom. The molecule has 0 heterocycles. The van der Waals surface area contributed by atoms with Crippen LogP contribution in [0.4, 0.5) is 4.79 Å². The lowest BCUT2D eigenvalue weighted by atomic mass is 10.0. The molecule has 2 aromatic carbocycles. The fourth-order valence-electron chi connectivity index (χ4n) is 2.31. The van der Waals surface area contributed by atoms with Crippen molar-refractivity contribution in [2.75, 3.05) is 13.2 Å². The monoisotopic (exact) mass is 345 g/mol. The molecule has 0 bridgehead atoms. The molecule has 25 heavy (non-hydrogen) atoms. The van der Waals surface area contributed by atoms with E-state index in [9.17, 15) is 14.7 Å². The van der Waals surface area contributed by atoms with Crippen molar-refractivity contribution in [1.29, 1.82) is 0 Å². The number of alkyl carbamates (subject to hydrolysis) is 1. The number of aromatic carboxylic acids is 1. The SMILES string of the molecule is Cc1ccc2cc(C(=O)O)c(OCCNC(=O)OC(C)(C)C)cc2c1. The number of rotatable bonds is 5. The smallest absolute Gasteiger partial charge is 0.407 e. The van der Waals surface area contributed by atoms with Crippen molar-refractivity contribution in [3.05, 3.63) is 41.5 Å². The average Bonchev–Trinajstić information content (AvgIpc) is 2.48. The van der Waals surface area contributed by atoms with Gasteiger partial charge in [0, 0.05) is 0 Å². The van der Waals surface area contributed by atoms with E-state index in [1.54, 1.807) is 32.9 Å². The average molecular weight is 345 g/mol. The fraction of sp³-hybridized carbons (Fsp3) is 0.368. The molecule has 0 radical (unpaired) electrons. The molecular formula is C19H23NO5.